The first-order valence-electron chi connectivity index (χ1n) is 9.58. The fourth-order valence-electron chi connectivity index (χ4n) is 3.31. The van der Waals surface area contributed by atoms with Crippen LogP contribution in [-0.2, 0) is 0 Å². The first-order valence-corrected chi connectivity index (χ1v) is 9.58. The molecule has 3 aromatic rings. The zero-order valence-corrected chi connectivity index (χ0v) is 16.2. The minimum absolute atomic E-state index is 0. The summed E-state index contributed by atoms with van der Waals surface area (Å²) in [6.07, 6.45) is 1.62. The van der Waals surface area contributed by atoms with Crippen molar-refractivity contribution in [2.45, 2.75) is 12.5 Å². The Morgan fingerprint density at radius 3 is 2.53 bits per heavy atom. The van der Waals surface area contributed by atoms with Crippen molar-refractivity contribution in [1.82, 2.24) is 14.9 Å². The van der Waals surface area contributed by atoms with Crippen LogP contribution in [0.4, 0.5) is 11.5 Å². The van der Waals surface area contributed by atoms with E-state index >= 15 is 0 Å². The third-order valence-electron chi connectivity index (χ3n) is 4.93. The van der Waals surface area contributed by atoms with Gasteiger partial charge in [0, 0.05) is 35.6 Å². The summed E-state index contributed by atoms with van der Waals surface area (Å²) < 4.78 is 0. The van der Waals surface area contributed by atoms with E-state index in [1.54, 1.807) is 41.3 Å². The Balaban J connectivity index is 0.00000272. The molecule has 2 heterocycles. The van der Waals surface area contributed by atoms with E-state index in [-0.39, 0.29) is 23.1 Å². The molecule has 0 radical (unpaired) electrons. The van der Waals surface area contributed by atoms with Gasteiger partial charge in [0.05, 0.1) is 18.0 Å². The number of hydrogen-bond acceptors (Lipinski definition) is 6. The van der Waals surface area contributed by atoms with Crippen molar-refractivity contribution in [2.75, 3.05) is 24.1 Å². The van der Waals surface area contributed by atoms with Gasteiger partial charge in [-0.3, -0.25) is 9.59 Å². The van der Waals surface area contributed by atoms with E-state index in [1.807, 2.05) is 18.2 Å². The molecule has 1 aliphatic rings. The third kappa shape index (κ3) is 4.13. The second kappa shape index (κ2) is 8.30. The lowest BCUT2D eigenvalue weighted by molar-refractivity contribution is 0.0765. The summed E-state index contributed by atoms with van der Waals surface area (Å²) in [5, 5.41) is 12.4. The molecule has 1 fully saturated rings. The molecule has 4 rings (SSSR count). The average Bonchev–Trinajstić information content (AvgIpc) is 3.20. The van der Waals surface area contributed by atoms with Crippen molar-refractivity contribution < 1.29 is 20.4 Å². The maximum absolute atomic E-state index is 12.6. The maximum Gasteiger partial charge on any atom is 0.278 e. The quantitative estimate of drug-likeness (QED) is 0.606. The Morgan fingerprint density at radius 1 is 1.13 bits per heavy atom. The minimum atomic E-state index is -0.460. The lowest BCUT2D eigenvalue weighted by atomic mass is 10.1. The molecule has 1 unspecified atom stereocenters. The monoisotopic (exact) mass is 411 g/mol. The highest BCUT2D eigenvalue weighted by Gasteiger charge is 2.25. The van der Waals surface area contributed by atoms with Gasteiger partial charge in [0.2, 0.25) is 0 Å². The van der Waals surface area contributed by atoms with Crippen LogP contribution in [0.25, 0.3) is 11.3 Å². The highest BCUT2D eigenvalue weighted by molar-refractivity contribution is 6.06. The Kier molecular flexibility index (Phi) is 5.40. The second-order valence-electron chi connectivity index (χ2n) is 7.08. The molecule has 1 atom stereocenters. The number of β-amino-alcohol motifs (C(OH)–C–C–N with tert-alkyl or cyclic N) is 1. The number of nitrogens with one attached hydrogen (secondary N) is 1. The van der Waals surface area contributed by atoms with Crippen molar-refractivity contribution >= 4 is 23.3 Å². The van der Waals surface area contributed by atoms with Crippen molar-refractivity contribution in [3.05, 3.63) is 72.1 Å². The number of likely N-dealkylation sites (tertiary alicyclic amines) is 1. The van der Waals surface area contributed by atoms with Gasteiger partial charge >= 0.3 is 0 Å². The van der Waals surface area contributed by atoms with E-state index in [0.29, 0.717) is 42.0 Å². The van der Waals surface area contributed by atoms with Gasteiger partial charge in [0.15, 0.2) is 11.5 Å². The minimum Gasteiger partial charge on any atom is -0.391 e. The predicted octanol–water partition coefficient (Wildman–Crippen LogP) is 3.17. The highest BCUT2D eigenvalue weighted by atomic mass is 16.3. The number of benzene rings is 2. The Morgan fingerprint density at radius 2 is 1.87 bits per heavy atom. The van der Waals surface area contributed by atoms with Crippen molar-refractivity contribution in [2.24, 2.45) is 0 Å². The molecular formula is C22H29N5O3. The van der Waals surface area contributed by atoms with Crippen LogP contribution in [0.3, 0.4) is 0 Å². The van der Waals surface area contributed by atoms with Crippen LogP contribution < -0.4 is 11.1 Å². The van der Waals surface area contributed by atoms with Gasteiger partial charge in [-0.15, -0.1) is 0 Å². The van der Waals surface area contributed by atoms with Crippen LogP contribution in [0.1, 0.15) is 33.0 Å². The van der Waals surface area contributed by atoms with E-state index < -0.39 is 12.0 Å². The summed E-state index contributed by atoms with van der Waals surface area (Å²) in [4.78, 5) is 35.2. The molecule has 1 saturated heterocycles. The van der Waals surface area contributed by atoms with Crippen LogP contribution in [0.5, 0.6) is 0 Å². The van der Waals surface area contributed by atoms with Crippen molar-refractivity contribution in [1.29, 1.82) is 0 Å². The van der Waals surface area contributed by atoms with E-state index in [4.69, 9.17) is 5.73 Å². The molecular weight excluding hydrogens is 382 g/mol. The number of carbonyl (C=O) groups is 2. The number of para-hydroxylation sites is 1. The number of aliphatic hydroxyl groups excluding tert-OH is 1. The number of anilines is 2. The first-order chi connectivity index (χ1) is 14.5. The smallest absolute Gasteiger partial charge is 0.278 e. The summed E-state index contributed by atoms with van der Waals surface area (Å²) >= 11 is 0. The maximum atomic E-state index is 12.6. The van der Waals surface area contributed by atoms with Gasteiger partial charge in [0.1, 0.15) is 0 Å². The summed E-state index contributed by atoms with van der Waals surface area (Å²) in [5.74, 6) is -0.538. The van der Waals surface area contributed by atoms with E-state index in [2.05, 4.69) is 15.3 Å². The van der Waals surface area contributed by atoms with Crippen molar-refractivity contribution in [3.8, 4) is 11.3 Å². The number of rotatable bonds is 4. The SMILES string of the molecule is Nc1ncc(-c2ccc(C(=O)N3CCC(O)C3)cc2)nc1C(=O)Nc1ccccc1.[HH].[HH].[HH].[HH]. The van der Waals surface area contributed by atoms with Crippen LogP contribution >= 0.6 is 0 Å². The molecule has 0 bridgehead atoms. The predicted molar refractivity (Wildman–Crippen MR) is 121 cm³/mol. The lowest BCUT2D eigenvalue weighted by Crippen LogP contribution is -2.29. The normalized spacial score (nSPS) is 15.8. The van der Waals surface area contributed by atoms with Crippen LogP contribution in [0.2, 0.25) is 0 Å². The molecule has 2 aromatic carbocycles. The molecule has 8 heteroatoms. The summed E-state index contributed by atoms with van der Waals surface area (Å²) in [7, 11) is 0. The molecule has 4 N–H and O–H groups in total. The van der Waals surface area contributed by atoms with Gasteiger partial charge in [-0.25, -0.2) is 9.97 Å². The fourth-order valence-corrected chi connectivity index (χ4v) is 3.31. The van der Waals surface area contributed by atoms with Crippen LogP contribution in [-0.4, -0.2) is 51.0 Å². The summed E-state index contributed by atoms with van der Waals surface area (Å²) in [6.45, 7) is 0.898. The standard InChI is InChI=1S/C22H21N5O3.4H2/c23-20-19(21(29)25-16-4-2-1-3-5-16)26-18(12-24-20)14-6-8-15(9-7-14)22(30)27-11-10-17(28)13-27;;;;/h1-9,12,17,28H,10-11,13H2,(H2,23,24)(H,25,29);4*1H. The molecule has 30 heavy (non-hydrogen) atoms. The topological polar surface area (TPSA) is 121 Å². The Labute approximate surface area is 179 Å². The molecule has 0 saturated carbocycles. The van der Waals surface area contributed by atoms with Gasteiger partial charge in [0.25, 0.3) is 11.8 Å². The Bertz CT molecular complexity index is 1090. The second-order valence-corrected chi connectivity index (χ2v) is 7.08. The molecule has 1 aromatic heterocycles. The van der Waals surface area contributed by atoms with E-state index in [1.165, 1.54) is 6.20 Å². The van der Waals surface area contributed by atoms with Crippen molar-refractivity contribution in [3.63, 3.8) is 0 Å². The number of nitrogen functional groups attached to an aromatic ring is 1. The Hall–Kier alpha value is -3.78. The zero-order chi connectivity index (χ0) is 21.1. The number of aliphatic hydroxyl groups is 1. The zero-order valence-electron chi connectivity index (χ0n) is 16.2. The number of hydrogen-bond donors (Lipinski definition) is 3. The van der Waals surface area contributed by atoms with Gasteiger partial charge in [-0.05, 0) is 30.7 Å². The van der Waals surface area contributed by atoms with E-state index in [0.717, 1.165) is 0 Å². The number of aromatic nitrogens is 2. The molecule has 2 amide bonds. The third-order valence-corrected chi connectivity index (χ3v) is 4.93. The first kappa shape index (κ1) is 19.5. The summed E-state index contributed by atoms with van der Waals surface area (Å²) in [5.41, 5.74) is 8.22. The summed E-state index contributed by atoms with van der Waals surface area (Å²) in [6, 6.07) is 15.9. The number of carbonyl (C=O) groups excluding carboxylic acids is 2. The van der Waals surface area contributed by atoms with Gasteiger partial charge in [-0.1, -0.05) is 30.3 Å². The number of nitrogens with zero attached hydrogens (tertiary/aromatic N) is 3. The molecule has 1 aliphatic heterocycles. The average molecular weight is 412 g/mol. The largest absolute Gasteiger partial charge is 0.391 e. The lowest BCUT2D eigenvalue weighted by Gasteiger charge is -2.15. The number of amides is 2. The van der Waals surface area contributed by atoms with Gasteiger partial charge in [-0.2, -0.15) is 0 Å². The van der Waals surface area contributed by atoms with Gasteiger partial charge < -0.3 is 21.1 Å². The fraction of sp³-hybridized carbons (Fsp3) is 0.182. The van der Waals surface area contributed by atoms with Crippen LogP contribution in [0, 0.1) is 0 Å². The van der Waals surface area contributed by atoms with Crippen LogP contribution in [0.15, 0.2) is 60.8 Å². The highest BCUT2D eigenvalue weighted by Crippen LogP contribution is 2.21. The molecule has 8 nitrogen and oxygen atoms in total. The van der Waals surface area contributed by atoms with E-state index in [9.17, 15) is 14.7 Å². The molecule has 0 spiro atoms. The number of nitrogens with two attached hydrogens (primary N) is 1. The molecule has 160 valence electrons. The molecule has 0 aliphatic carbocycles.